The average Bonchev–Trinajstić information content (AvgIpc) is 2.56. The molecule has 0 radical (unpaired) electrons. The summed E-state index contributed by atoms with van der Waals surface area (Å²) in [6.07, 6.45) is 0. The summed E-state index contributed by atoms with van der Waals surface area (Å²) in [6, 6.07) is 14.3. The lowest BCUT2D eigenvalue weighted by atomic mass is 10.1. The van der Waals surface area contributed by atoms with Crippen LogP contribution in [-0.4, -0.2) is 46.2 Å². The molecule has 0 unspecified atom stereocenters. The number of hydrogen-bond donors (Lipinski definition) is 0. The van der Waals surface area contributed by atoms with Crippen molar-refractivity contribution in [3.8, 4) is 5.75 Å². The molecular formula is C18H24O4. The summed E-state index contributed by atoms with van der Waals surface area (Å²) in [5.74, 6) is 0.871. The largest absolute Gasteiger partial charge is 0.491 e. The second kappa shape index (κ2) is 10.2. The van der Waals surface area contributed by atoms with E-state index in [-0.39, 0.29) is 0 Å². The summed E-state index contributed by atoms with van der Waals surface area (Å²) in [7, 11) is 0. The van der Waals surface area contributed by atoms with Crippen LogP contribution in [-0.2, 0) is 14.2 Å². The fourth-order valence-corrected chi connectivity index (χ4v) is 2.06. The van der Waals surface area contributed by atoms with E-state index in [2.05, 4.69) is 18.2 Å². The van der Waals surface area contributed by atoms with Crippen molar-refractivity contribution in [3.63, 3.8) is 0 Å². The second-order valence-electron chi connectivity index (χ2n) is 4.78. The summed E-state index contributed by atoms with van der Waals surface area (Å²) >= 11 is 0. The first-order valence-corrected chi connectivity index (χ1v) is 7.75. The zero-order valence-corrected chi connectivity index (χ0v) is 13.1. The third-order valence-corrected chi connectivity index (χ3v) is 3.17. The van der Waals surface area contributed by atoms with Crippen LogP contribution in [0.3, 0.4) is 0 Å². The van der Waals surface area contributed by atoms with Gasteiger partial charge in [0.25, 0.3) is 0 Å². The maximum Gasteiger partial charge on any atom is 0.120 e. The molecule has 0 aliphatic heterocycles. The molecule has 0 saturated carbocycles. The van der Waals surface area contributed by atoms with Crippen LogP contribution in [0.4, 0.5) is 0 Å². The topological polar surface area (TPSA) is 36.9 Å². The summed E-state index contributed by atoms with van der Waals surface area (Å²) in [6.45, 7) is 6.21. The minimum absolute atomic E-state index is 0.539. The third kappa shape index (κ3) is 6.02. The predicted octanol–water partition coefficient (Wildman–Crippen LogP) is 3.29. The third-order valence-electron chi connectivity index (χ3n) is 3.17. The van der Waals surface area contributed by atoms with E-state index >= 15 is 0 Å². The Bertz CT molecular complexity index is 541. The van der Waals surface area contributed by atoms with Gasteiger partial charge in [0.2, 0.25) is 0 Å². The summed E-state index contributed by atoms with van der Waals surface area (Å²) < 4.78 is 21.7. The molecule has 0 aliphatic rings. The van der Waals surface area contributed by atoms with Crippen molar-refractivity contribution in [2.45, 2.75) is 6.92 Å². The molecule has 0 fully saturated rings. The van der Waals surface area contributed by atoms with Crippen LogP contribution in [0.5, 0.6) is 5.75 Å². The highest BCUT2D eigenvalue weighted by atomic mass is 16.6. The van der Waals surface area contributed by atoms with Crippen LogP contribution >= 0.6 is 0 Å². The van der Waals surface area contributed by atoms with Gasteiger partial charge in [-0.3, -0.25) is 0 Å². The summed E-state index contributed by atoms with van der Waals surface area (Å²) in [4.78, 5) is 0. The van der Waals surface area contributed by atoms with E-state index in [1.807, 2.05) is 31.2 Å². The Hall–Kier alpha value is -1.62. The highest BCUT2D eigenvalue weighted by Gasteiger charge is 1.97. The van der Waals surface area contributed by atoms with Crippen molar-refractivity contribution in [3.05, 3.63) is 42.5 Å². The highest BCUT2D eigenvalue weighted by Crippen LogP contribution is 2.20. The van der Waals surface area contributed by atoms with E-state index in [0.717, 1.165) is 12.4 Å². The molecule has 0 amide bonds. The number of ether oxygens (including phenoxy) is 4. The van der Waals surface area contributed by atoms with Gasteiger partial charge in [-0.05, 0) is 29.8 Å². The zero-order chi connectivity index (χ0) is 15.5. The fraction of sp³-hybridized carbons (Fsp3) is 0.444. The SMILES string of the molecule is CCOCCOCCOCCOc1ccc2ccccc2c1. The molecular weight excluding hydrogens is 280 g/mol. The van der Waals surface area contributed by atoms with Gasteiger partial charge in [-0.25, -0.2) is 0 Å². The lowest BCUT2D eigenvalue weighted by Gasteiger charge is -2.08. The summed E-state index contributed by atoms with van der Waals surface area (Å²) in [5.41, 5.74) is 0. The first kappa shape index (κ1) is 16.7. The Morgan fingerprint density at radius 3 is 2.05 bits per heavy atom. The van der Waals surface area contributed by atoms with E-state index in [9.17, 15) is 0 Å². The maximum absolute atomic E-state index is 5.69. The zero-order valence-electron chi connectivity index (χ0n) is 13.1. The van der Waals surface area contributed by atoms with E-state index in [1.54, 1.807) is 0 Å². The molecule has 0 aromatic heterocycles. The van der Waals surface area contributed by atoms with Gasteiger partial charge in [-0.1, -0.05) is 30.3 Å². The van der Waals surface area contributed by atoms with Crippen LogP contribution < -0.4 is 4.74 Å². The first-order chi connectivity index (χ1) is 10.9. The predicted molar refractivity (Wildman–Crippen MR) is 87.6 cm³/mol. The van der Waals surface area contributed by atoms with Crippen molar-refractivity contribution in [2.24, 2.45) is 0 Å². The van der Waals surface area contributed by atoms with Crippen LogP contribution in [0.25, 0.3) is 10.8 Å². The monoisotopic (exact) mass is 304 g/mol. The standard InChI is InChI=1S/C18H24O4/c1-2-19-9-10-20-11-12-21-13-14-22-18-8-7-16-5-3-4-6-17(16)15-18/h3-8,15H,2,9-14H2,1H3. The molecule has 120 valence electrons. The smallest absolute Gasteiger partial charge is 0.120 e. The fourth-order valence-electron chi connectivity index (χ4n) is 2.06. The molecule has 0 bridgehead atoms. The molecule has 0 spiro atoms. The molecule has 22 heavy (non-hydrogen) atoms. The van der Waals surface area contributed by atoms with Gasteiger partial charge in [-0.15, -0.1) is 0 Å². The Kier molecular flexibility index (Phi) is 7.74. The summed E-state index contributed by atoms with van der Waals surface area (Å²) in [5, 5.41) is 2.40. The molecule has 0 N–H and O–H groups in total. The average molecular weight is 304 g/mol. The van der Waals surface area contributed by atoms with Gasteiger partial charge in [0, 0.05) is 6.61 Å². The van der Waals surface area contributed by atoms with Gasteiger partial charge in [0.05, 0.1) is 33.0 Å². The number of benzene rings is 2. The van der Waals surface area contributed by atoms with E-state index < -0.39 is 0 Å². The van der Waals surface area contributed by atoms with Gasteiger partial charge >= 0.3 is 0 Å². The van der Waals surface area contributed by atoms with Gasteiger partial charge in [0.1, 0.15) is 12.4 Å². The molecule has 0 aliphatic carbocycles. The van der Waals surface area contributed by atoms with Crippen molar-refractivity contribution < 1.29 is 18.9 Å². The first-order valence-electron chi connectivity index (χ1n) is 7.75. The van der Waals surface area contributed by atoms with Crippen LogP contribution in [0, 0.1) is 0 Å². The van der Waals surface area contributed by atoms with Crippen molar-refractivity contribution in [1.29, 1.82) is 0 Å². The Balaban J connectivity index is 1.54. The molecule has 4 nitrogen and oxygen atoms in total. The quantitative estimate of drug-likeness (QED) is 0.597. The molecule has 0 heterocycles. The maximum atomic E-state index is 5.69. The van der Waals surface area contributed by atoms with E-state index in [4.69, 9.17) is 18.9 Å². The number of fused-ring (bicyclic) bond motifs is 1. The van der Waals surface area contributed by atoms with Crippen LogP contribution in [0.2, 0.25) is 0 Å². The molecule has 0 atom stereocenters. The second-order valence-corrected chi connectivity index (χ2v) is 4.78. The van der Waals surface area contributed by atoms with Crippen molar-refractivity contribution in [1.82, 2.24) is 0 Å². The normalized spacial score (nSPS) is 11.0. The highest BCUT2D eigenvalue weighted by molar-refractivity contribution is 5.83. The lowest BCUT2D eigenvalue weighted by Crippen LogP contribution is -2.12. The van der Waals surface area contributed by atoms with E-state index in [0.29, 0.717) is 39.6 Å². The van der Waals surface area contributed by atoms with Crippen LogP contribution in [0.15, 0.2) is 42.5 Å². The van der Waals surface area contributed by atoms with Crippen molar-refractivity contribution in [2.75, 3.05) is 46.2 Å². The Morgan fingerprint density at radius 1 is 0.682 bits per heavy atom. The Labute approximate surface area is 131 Å². The molecule has 4 heteroatoms. The van der Waals surface area contributed by atoms with E-state index in [1.165, 1.54) is 10.8 Å². The minimum atomic E-state index is 0.539. The molecule has 2 rings (SSSR count). The molecule has 2 aromatic carbocycles. The lowest BCUT2D eigenvalue weighted by molar-refractivity contribution is 0.0114. The Morgan fingerprint density at radius 2 is 1.32 bits per heavy atom. The van der Waals surface area contributed by atoms with Gasteiger partial charge in [0.15, 0.2) is 0 Å². The molecule has 2 aromatic rings. The minimum Gasteiger partial charge on any atom is -0.491 e. The number of rotatable bonds is 11. The number of hydrogen-bond acceptors (Lipinski definition) is 4. The van der Waals surface area contributed by atoms with Gasteiger partial charge < -0.3 is 18.9 Å². The van der Waals surface area contributed by atoms with Gasteiger partial charge in [-0.2, -0.15) is 0 Å². The van der Waals surface area contributed by atoms with Crippen LogP contribution in [0.1, 0.15) is 6.92 Å². The van der Waals surface area contributed by atoms with Crippen molar-refractivity contribution >= 4 is 10.8 Å². The molecule has 0 saturated heterocycles.